The van der Waals surface area contributed by atoms with Crippen LogP contribution in [0.5, 0.6) is 11.5 Å². The van der Waals surface area contributed by atoms with Crippen LogP contribution in [0.25, 0.3) is 0 Å². The Bertz CT molecular complexity index is 879. The van der Waals surface area contributed by atoms with Crippen molar-refractivity contribution in [2.45, 2.75) is 57.3 Å². The molecule has 7 nitrogen and oxygen atoms in total. The molecule has 1 aromatic carbocycles. The molecule has 0 bridgehead atoms. The van der Waals surface area contributed by atoms with E-state index in [0.717, 1.165) is 34.6 Å². The summed E-state index contributed by atoms with van der Waals surface area (Å²) in [7, 11) is 0. The Labute approximate surface area is 175 Å². The summed E-state index contributed by atoms with van der Waals surface area (Å²) in [5.41, 5.74) is 1.02. The van der Waals surface area contributed by atoms with Gasteiger partial charge in [0.2, 0.25) is 5.91 Å². The summed E-state index contributed by atoms with van der Waals surface area (Å²) < 4.78 is 13.4. The molecule has 0 radical (unpaired) electrons. The van der Waals surface area contributed by atoms with Crippen molar-refractivity contribution in [3.63, 3.8) is 0 Å². The van der Waals surface area contributed by atoms with E-state index in [1.165, 1.54) is 24.6 Å². The van der Waals surface area contributed by atoms with E-state index in [1.807, 2.05) is 18.2 Å². The molecule has 156 valence electrons. The van der Waals surface area contributed by atoms with Crippen LogP contribution in [0.4, 0.5) is 0 Å². The summed E-state index contributed by atoms with van der Waals surface area (Å²) >= 11 is 1.45. The topological polar surface area (TPSA) is 78.3 Å². The maximum atomic E-state index is 12.7. The normalized spacial score (nSPS) is 16.7. The van der Waals surface area contributed by atoms with Crippen molar-refractivity contribution in [1.29, 1.82) is 0 Å². The number of rotatable bonds is 8. The fourth-order valence-corrected chi connectivity index (χ4v) is 4.40. The van der Waals surface area contributed by atoms with Gasteiger partial charge in [-0.2, -0.15) is 0 Å². The molecule has 1 saturated carbocycles. The number of fused-ring (bicyclic) bond motifs is 1. The van der Waals surface area contributed by atoms with Crippen LogP contribution in [0, 0.1) is 5.92 Å². The molecule has 1 aromatic heterocycles. The standard InChI is InChI=1S/C21H28N4O3S/c1-4-25-20(14-5-6-14)23-24-21(25)29-12-18(26)22-19(13(2)3)15-7-8-16-17(11-15)28-10-9-27-16/h7-8,11,13-14,19H,4-6,9-10,12H2,1-3H3,(H,22,26). The fraction of sp³-hybridized carbons (Fsp3) is 0.571. The predicted octanol–water partition coefficient (Wildman–Crippen LogP) is 3.55. The van der Waals surface area contributed by atoms with Gasteiger partial charge in [-0.15, -0.1) is 10.2 Å². The van der Waals surface area contributed by atoms with Gasteiger partial charge in [-0.05, 0) is 43.4 Å². The molecule has 1 fully saturated rings. The quantitative estimate of drug-likeness (QED) is 0.663. The second-order valence-electron chi connectivity index (χ2n) is 7.84. The number of carbonyl (C=O) groups excluding carboxylic acids is 1. The van der Waals surface area contributed by atoms with Gasteiger partial charge in [-0.1, -0.05) is 31.7 Å². The minimum absolute atomic E-state index is 0.0118. The first-order valence-corrected chi connectivity index (χ1v) is 11.3. The number of nitrogens with one attached hydrogen (secondary N) is 1. The van der Waals surface area contributed by atoms with Gasteiger partial charge >= 0.3 is 0 Å². The number of thioether (sulfide) groups is 1. The fourth-order valence-electron chi connectivity index (χ4n) is 3.58. The zero-order valence-electron chi connectivity index (χ0n) is 17.2. The van der Waals surface area contributed by atoms with Crippen molar-refractivity contribution in [1.82, 2.24) is 20.1 Å². The lowest BCUT2D eigenvalue weighted by Gasteiger charge is -2.25. The molecular weight excluding hydrogens is 388 g/mol. The highest BCUT2D eigenvalue weighted by molar-refractivity contribution is 7.99. The number of benzene rings is 1. The molecule has 1 unspecified atom stereocenters. The van der Waals surface area contributed by atoms with Crippen LogP contribution in [0.2, 0.25) is 0 Å². The lowest BCUT2D eigenvalue weighted by atomic mass is 9.95. The van der Waals surface area contributed by atoms with Gasteiger partial charge in [0.15, 0.2) is 16.7 Å². The molecule has 0 saturated heterocycles. The maximum Gasteiger partial charge on any atom is 0.230 e. The van der Waals surface area contributed by atoms with E-state index < -0.39 is 0 Å². The largest absolute Gasteiger partial charge is 0.486 e. The highest BCUT2D eigenvalue weighted by Gasteiger charge is 2.30. The summed E-state index contributed by atoms with van der Waals surface area (Å²) in [5.74, 6) is 3.66. The van der Waals surface area contributed by atoms with Crippen molar-refractivity contribution >= 4 is 17.7 Å². The average molecular weight is 417 g/mol. The predicted molar refractivity (Wildman–Crippen MR) is 112 cm³/mol. The van der Waals surface area contributed by atoms with Crippen molar-refractivity contribution in [2.24, 2.45) is 5.92 Å². The molecule has 8 heteroatoms. The second-order valence-corrected chi connectivity index (χ2v) is 8.78. The molecule has 2 aliphatic rings. The zero-order chi connectivity index (χ0) is 20.4. The molecular formula is C21H28N4O3S. The molecule has 0 spiro atoms. The Morgan fingerprint density at radius 1 is 1.24 bits per heavy atom. The molecule has 29 heavy (non-hydrogen) atoms. The lowest BCUT2D eigenvalue weighted by molar-refractivity contribution is -0.119. The molecule has 1 atom stereocenters. The minimum Gasteiger partial charge on any atom is -0.486 e. The molecule has 2 aromatic rings. The minimum atomic E-state index is -0.0926. The van der Waals surface area contributed by atoms with Crippen molar-refractivity contribution in [3.8, 4) is 11.5 Å². The third kappa shape index (κ3) is 4.52. The van der Waals surface area contributed by atoms with Crippen LogP contribution >= 0.6 is 11.8 Å². The average Bonchev–Trinajstić information content (AvgIpc) is 3.49. The first-order chi connectivity index (χ1) is 14.1. The Hall–Kier alpha value is -2.22. The number of carbonyl (C=O) groups is 1. The third-order valence-electron chi connectivity index (χ3n) is 5.25. The van der Waals surface area contributed by atoms with Crippen molar-refractivity contribution in [2.75, 3.05) is 19.0 Å². The smallest absolute Gasteiger partial charge is 0.230 e. The number of hydrogen-bond acceptors (Lipinski definition) is 6. The van der Waals surface area contributed by atoms with Crippen LogP contribution in [-0.2, 0) is 11.3 Å². The van der Waals surface area contributed by atoms with Gasteiger partial charge in [0.25, 0.3) is 0 Å². The SMILES string of the molecule is CCn1c(SCC(=O)NC(c2ccc3c(c2)OCCO3)C(C)C)nnc1C1CC1. The van der Waals surface area contributed by atoms with Gasteiger partial charge in [-0.25, -0.2) is 0 Å². The van der Waals surface area contributed by atoms with Crippen LogP contribution in [-0.4, -0.2) is 39.6 Å². The molecule has 1 aliphatic carbocycles. The summed E-state index contributed by atoms with van der Waals surface area (Å²) in [5, 5.41) is 12.6. The van der Waals surface area contributed by atoms with Crippen LogP contribution in [0.3, 0.4) is 0 Å². The van der Waals surface area contributed by atoms with Crippen LogP contribution in [0.1, 0.15) is 57.0 Å². The number of aromatic nitrogens is 3. The van der Waals surface area contributed by atoms with Crippen LogP contribution < -0.4 is 14.8 Å². The summed E-state index contributed by atoms with van der Waals surface area (Å²) in [6.07, 6.45) is 2.38. The van der Waals surface area contributed by atoms with Gasteiger partial charge in [0.1, 0.15) is 19.0 Å². The van der Waals surface area contributed by atoms with Crippen LogP contribution in [0.15, 0.2) is 23.4 Å². The zero-order valence-corrected chi connectivity index (χ0v) is 18.0. The summed E-state index contributed by atoms with van der Waals surface area (Å²) in [4.78, 5) is 12.7. The van der Waals surface area contributed by atoms with Crippen molar-refractivity contribution in [3.05, 3.63) is 29.6 Å². The molecule has 2 heterocycles. The number of amides is 1. The molecule has 1 aliphatic heterocycles. The summed E-state index contributed by atoms with van der Waals surface area (Å²) in [6, 6.07) is 5.80. The first kappa shape index (κ1) is 20.1. The van der Waals surface area contributed by atoms with Gasteiger partial charge in [0.05, 0.1) is 11.8 Å². The number of nitrogens with zero attached hydrogens (tertiary/aromatic N) is 3. The Morgan fingerprint density at radius 2 is 2.00 bits per heavy atom. The Balaban J connectivity index is 1.40. The molecule has 1 N–H and O–H groups in total. The monoisotopic (exact) mass is 416 g/mol. The Morgan fingerprint density at radius 3 is 2.69 bits per heavy atom. The Kier molecular flexibility index (Phi) is 5.99. The molecule has 1 amide bonds. The van der Waals surface area contributed by atoms with Crippen molar-refractivity contribution < 1.29 is 14.3 Å². The highest BCUT2D eigenvalue weighted by atomic mass is 32.2. The van der Waals surface area contributed by atoms with E-state index >= 15 is 0 Å². The molecule has 4 rings (SSSR count). The number of ether oxygens (including phenoxy) is 2. The van der Waals surface area contributed by atoms with Gasteiger partial charge in [0, 0.05) is 12.5 Å². The van der Waals surface area contributed by atoms with Gasteiger partial charge < -0.3 is 19.4 Å². The van der Waals surface area contributed by atoms with E-state index in [0.29, 0.717) is 24.9 Å². The van der Waals surface area contributed by atoms with Gasteiger partial charge in [-0.3, -0.25) is 4.79 Å². The lowest BCUT2D eigenvalue weighted by Crippen LogP contribution is -2.33. The first-order valence-electron chi connectivity index (χ1n) is 10.3. The van der Waals surface area contributed by atoms with E-state index in [-0.39, 0.29) is 17.9 Å². The van der Waals surface area contributed by atoms with E-state index in [2.05, 4.69) is 40.9 Å². The maximum absolute atomic E-state index is 12.7. The summed E-state index contributed by atoms with van der Waals surface area (Å²) in [6.45, 7) is 8.24. The third-order valence-corrected chi connectivity index (χ3v) is 6.21. The van der Waals surface area contributed by atoms with E-state index in [9.17, 15) is 4.79 Å². The number of hydrogen-bond donors (Lipinski definition) is 1. The second kappa shape index (κ2) is 8.65. The highest BCUT2D eigenvalue weighted by Crippen LogP contribution is 2.40. The van der Waals surface area contributed by atoms with E-state index in [1.54, 1.807) is 0 Å². The van der Waals surface area contributed by atoms with E-state index in [4.69, 9.17) is 9.47 Å².